The number of H-pyrrole nitrogens is 2. The lowest BCUT2D eigenvalue weighted by Crippen LogP contribution is -2.08. The predicted octanol–water partition coefficient (Wildman–Crippen LogP) is 0.103. The largest absolute Gasteiger partial charge is 0.306 e. The smallest absolute Gasteiger partial charge is 0.262 e. The molecule has 0 bridgehead atoms. The molecule has 2 N–H and O–H groups in total. The number of rotatable bonds is 1. The van der Waals surface area contributed by atoms with Crippen LogP contribution in [0.2, 0.25) is 0 Å². The van der Waals surface area contributed by atoms with Gasteiger partial charge in [-0.25, -0.2) is 4.98 Å². The molecule has 0 atom stereocenters. The first kappa shape index (κ1) is 8.72. The maximum atomic E-state index is 11.6. The van der Waals surface area contributed by atoms with E-state index >= 15 is 0 Å². The van der Waals surface area contributed by atoms with Crippen molar-refractivity contribution in [3.63, 3.8) is 0 Å². The van der Waals surface area contributed by atoms with Gasteiger partial charge in [0, 0.05) is 5.56 Å². The molecule has 7 heteroatoms. The third-order valence-electron chi connectivity index (χ3n) is 2.18. The molecule has 7 nitrogen and oxygen atoms in total. The van der Waals surface area contributed by atoms with E-state index < -0.39 is 0 Å². The van der Waals surface area contributed by atoms with Gasteiger partial charge in [-0.15, -0.1) is 0 Å². The summed E-state index contributed by atoms with van der Waals surface area (Å²) in [6.07, 6.45) is 4.50. The van der Waals surface area contributed by atoms with Gasteiger partial charge in [0.15, 0.2) is 5.65 Å². The average molecular weight is 214 g/mol. The summed E-state index contributed by atoms with van der Waals surface area (Å²) in [4.78, 5) is 18.5. The van der Waals surface area contributed by atoms with Crippen LogP contribution in [0.4, 0.5) is 0 Å². The lowest BCUT2D eigenvalue weighted by atomic mass is 10.3. The molecule has 0 aliphatic rings. The fourth-order valence-corrected chi connectivity index (χ4v) is 1.41. The van der Waals surface area contributed by atoms with Crippen LogP contribution in [0.15, 0.2) is 29.5 Å². The van der Waals surface area contributed by atoms with Crippen LogP contribution in [0, 0.1) is 0 Å². The van der Waals surface area contributed by atoms with E-state index in [-0.39, 0.29) is 5.56 Å². The quantitative estimate of drug-likeness (QED) is 0.598. The molecule has 0 aliphatic carbocycles. The molecule has 0 saturated carbocycles. The number of hydrogen-bond donors (Lipinski definition) is 2. The maximum absolute atomic E-state index is 11.6. The Bertz CT molecular complexity index is 686. The summed E-state index contributed by atoms with van der Waals surface area (Å²) in [5, 5.41) is 14.2. The Hall–Kier alpha value is -2.57. The molecule has 0 radical (unpaired) electrons. The van der Waals surface area contributed by atoms with Gasteiger partial charge in [0.05, 0.1) is 18.6 Å². The molecule has 0 fully saturated rings. The van der Waals surface area contributed by atoms with Gasteiger partial charge in [0.1, 0.15) is 11.2 Å². The van der Waals surface area contributed by atoms with Crippen molar-refractivity contribution in [2.75, 3.05) is 0 Å². The fourth-order valence-electron chi connectivity index (χ4n) is 1.41. The minimum Gasteiger partial charge on any atom is -0.306 e. The normalized spacial score (nSPS) is 10.8. The van der Waals surface area contributed by atoms with E-state index in [9.17, 15) is 4.79 Å². The second kappa shape index (κ2) is 3.23. The molecule has 3 aromatic heterocycles. The van der Waals surface area contributed by atoms with E-state index in [2.05, 4.69) is 30.4 Å². The molecular weight excluding hydrogens is 208 g/mol. The third kappa shape index (κ3) is 1.26. The maximum Gasteiger partial charge on any atom is 0.262 e. The van der Waals surface area contributed by atoms with Gasteiger partial charge in [-0.3, -0.25) is 9.89 Å². The first-order valence-corrected chi connectivity index (χ1v) is 4.55. The van der Waals surface area contributed by atoms with E-state index in [4.69, 9.17) is 0 Å². The number of aromatic amines is 2. The Morgan fingerprint density at radius 2 is 2.12 bits per heavy atom. The van der Waals surface area contributed by atoms with Gasteiger partial charge in [-0.2, -0.15) is 15.3 Å². The molecule has 0 aromatic carbocycles. The van der Waals surface area contributed by atoms with Crippen molar-refractivity contribution in [1.82, 2.24) is 30.4 Å². The molecular formula is C9H6N6O. The number of nitrogens with one attached hydrogen (secondary N) is 2. The second-order valence-electron chi connectivity index (χ2n) is 3.18. The van der Waals surface area contributed by atoms with E-state index in [0.29, 0.717) is 22.4 Å². The first-order chi connectivity index (χ1) is 7.84. The highest BCUT2D eigenvalue weighted by atomic mass is 16.1. The summed E-state index contributed by atoms with van der Waals surface area (Å²) in [6, 6.07) is 1.72. The van der Waals surface area contributed by atoms with Gasteiger partial charge >= 0.3 is 0 Å². The summed E-state index contributed by atoms with van der Waals surface area (Å²) in [7, 11) is 0. The Morgan fingerprint density at radius 3 is 2.94 bits per heavy atom. The third-order valence-corrected chi connectivity index (χ3v) is 2.18. The van der Waals surface area contributed by atoms with E-state index in [0.717, 1.165) is 0 Å². The SMILES string of the molecule is O=c1[nH]c(-c2ccnnc2)nc2[nH]ncc12. The lowest BCUT2D eigenvalue weighted by Gasteiger charge is -1.98. The highest BCUT2D eigenvalue weighted by molar-refractivity contribution is 5.74. The summed E-state index contributed by atoms with van der Waals surface area (Å²) in [6.45, 7) is 0. The zero-order chi connectivity index (χ0) is 11.0. The zero-order valence-corrected chi connectivity index (χ0v) is 8.01. The highest BCUT2D eigenvalue weighted by Gasteiger charge is 2.06. The Labute approximate surface area is 88.6 Å². The molecule has 0 saturated heterocycles. The Morgan fingerprint density at radius 1 is 1.19 bits per heavy atom. The van der Waals surface area contributed by atoms with Crippen molar-refractivity contribution < 1.29 is 0 Å². The van der Waals surface area contributed by atoms with Crippen molar-refractivity contribution in [1.29, 1.82) is 0 Å². The van der Waals surface area contributed by atoms with Gasteiger partial charge in [0.25, 0.3) is 5.56 Å². The highest BCUT2D eigenvalue weighted by Crippen LogP contribution is 2.12. The molecule has 0 aliphatic heterocycles. The Kier molecular flexibility index (Phi) is 1.76. The van der Waals surface area contributed by atoms with Crippen LogP contribution in [0.3, 0.4) is 0 Å². The summed E-state index contributed by atoms with van der Waals surface area (Å²) < 4.78 is 0. The van der Waals surface area contributed by atoms with Crippen LogP contribution < -0.4 is 5.56 Å². The van der Waals surface area contributed by atoms with Crippen LogP contribution in [-0.2, 0) is 0 Å². The molecule has 3 aromatic rings. The van der Waals surface area contributed by atoms with E-state index in [1.54, 1.807) is 6.07 Å². The Balaban J connectivity index is 2.30. The topological polar surface area (TPSA) is 100 Å². The van der Waals surface area contributed by atoms with Crippen LogP contribution >= 0.6 is 0 Å². The van der Waals surface area contributed by atoms with Gasteiger partial charge in [-0.05, 0) is 6.07 Å². The molecule has 16 heavy (non-hydrogen) atoms. The molecule has 0 amide bonds. The van der Waals surface area contributed by atoms with Crippen molar-refractivity contribution >= 4 is 11.0 Å². The van der Waals surface area contributed by atoms with Crippen molar-refractivity contribution in [3.05, 3.63) is 35.0 Å². The van der Waals surface area contributed by atoms with Crippen LogP contribution in [0.1, 0.15) is 0 Å². The number of nitrogens with zero attached hydrogens (tertiary/aromatic N) is 4. The summed E-state index contributed by atoms with van der Waals surface area (Å²) in [5.41, 5.74) is 0.921. The number of aromatic nitrogens is 6. The molecule has 0 spiro atoms. The minimum atomic E-state index is -0.231. The van der Waals surface area contributed by atoms with Crippen molar-refractivity contribution in [2.45, 2.75) is 0 Å². The standard InChI is InChI=1S/C9H6N6O/c16-9-6-4-12-15-8(6)13-7(14-9)5-1-2-10-11-3-5/h1-4H,(H2,12,13,14,15,16). The minimum absolute atomic E-state index is 0.231. The summed E-state index contributed by atoms with van der Waals surface area (Å²) >= 11 is 0. The monoisotopic (exact) mass is 214 g/mol. The molecule has 78 valence electrons. The predicted molar refractivity (Wildman–Crippen MR) is 55.5 cm³/mol. The van der Waals surface area contributed by atoms with Crippen LogP contribution in [0.25, 0.3) is 22.4 Å². The summed E-state index contributed by atoms with van der Waals surface area (Å²) in [5.74, 6) is 0.441. The fraction of sp³-hybridized carbons (Fsp3) is 0. The average Bonchev–Trinajstić information content (AvgIpc) is 2.79. The number of fused-ring (bicyclic) bond motifs is 1. The van der Waals surface area contributed by atoms with Gasteiger partial charge < -0.3 is 4.98 Å². The van der Waals surface area contributed by atoms with E-state index in [1.165, 1.54) is 18.6 Å². The second-order valence-corrected chi connectivity index (χ2v) is 3.18. The number of hydrogen-bond acceptors (Lipinski definition) is 5. The van der Waals surface area contributed by atoms with E-state index in [1.807, 2.05) is 0 Å². The van der Waals surface area contributed by atoms with Gasteiger partial charge in [0.2, 0.25) is 0 Å². The lowest BCUT2D eigenvalue weighted by molar-refractivity contribution is 1.02. The van der Waals surface area contributed by atoms with Crippen molar-refractivity contribution in [2.24, 2.45) is 0 Å². The first-order valence-electron chi connectivity index (χ1n) is 4.55. The zero-order valence-electron chi connectivity index (χ0n) is 8.01. The molecule has 0 unspecified atom stereocenters. The van der Waals surface area contributed by atoms with Crippen LogP contribution in [-0.4, -0.2) is 30.4 Å². The molecule has 3 rings (SSSR count). The van der Waals surface area contributed by atoms with Crippen LogP contribution in [0.5, 0.6) is 0 Å². The molecule has 3 heterocycles. The van der Waals surface area contributed by atoms with Crippen molar-refractivity contribution in [3.8, 4) is 11.4 Å². The van der Waals surface area contributed by atoms with Gasteiger partial charge in [-0.1, -0.05) is 0 Å².